The highest BCUT2D eigenvalue weighted by Gasteiger charge is 2.17. The molecule has 0 spiro atoms. The SMILES string of the molecule is CCn1c(=O)cc(C(C)C)c2ccc(OCC(=O)N3CCCCC3)cc21. The fourth-order valence-electron chi connectivity index (χ4n) is 3.66. The number of likely N-dealkylation sites (tertiary alicyclic amines) is 1. The van der Waals surface area contributed by atoms with Gasteiger partial charge in [-0.05, 0) is 49.8 Å². The molecule has 5 heteroatoms. The first-order valence-corrected chi connectivity index (χ1v) is 9.59. The predicted molar refractivity (Wildman–Crippen MR) is 104 cm³/mol. The summed E-state index contributed by atoms with van der Waals surface area (Å²) in [6.07, 6.45) is 3.34. The smallest absolute Gasteiger partial charge is 0.260 e. The lowest BCUT2D eigenvalue weighted by Gasteiger charge is -2.26. The second kappa shape index (κ2) is 7.94. The van der Waals surface area contributed by atoms with E-state index >= 15 is 0 Å². The number of carbonyl (C=O) groups excluding carboxylic acids is 1. The lowest BCUT2D eigenvalue weighted by molar-refractivity contribution is -0.134. The molecule has 3 rings (SSSR count). The predicted octanol–water partition coefficient (Wildman–Crippen LogP) is 3.54. The summed E-state index contributed by atoms with van der Waals surface area (Å²) in [7, 11) is 0. The van der Waals surface area contributed by atoms with Crippen LogP contribution < -0.4 is 10.3 Å². The third-order valence-corrected chi connectivity index (χ3v) is 5.13. The minimum Gasteiger partial charge on any atom is -0.484 e. The summed E-state index contributed by atoms with van der Waals surface area (Å²) in [5.74, 6) is 0.933. The summed E-state index contributed by atoms with van der Waals surface area (Å²) in [5.41, 5.74) is 1.92. The fraction of sp³-hybridized carbons (Fsp3) is 0.524. The quantitative estimate of drug-likeness (QED) is 0.823. The Balaban J connectivity index is 1.86. The summed E-state index contributed by atoms with van der Waals surface area (Å²) in [6.45, 7) is 8.44. The Kier molecular flexibility index (Phi) is 5.64. The van der Waals surface area contributed by atoms with E-state index in [1.54, 1.807) is 10.6 Å². The second-order valence-corrected chi connectivity index (χ2v) is 7.25. The molecule has 1 aliphatic heterocycles. The zero-order chi connectivity index (χ0) is 18.7. The lowest BCUT2D eigenvalue weighted by Crippen LogP contribution is -2.38. The molecule has 1 aromatic heterocycles. The molecule has 0 unspecified atom stereocenters. The zero-order valence-corrected chi connectivity index (χ0v) is 16.0. The number of amides is 1. The molecular formula is C21H28N2O3. The average molecular weight is 356 g/mol. The standard InChI is InChI=1S/C21H28N2O3/c1-4-23-19-12-16(26-14-21(25)22-10-6-5-7-11-22)8-9-17(19)18(15(2)3)13-20(23)24/h8-9,12-13,15H,4-7,10-11,14H2,1-3H3. The van der Waals surface area contributed by atoms with Crippen LogP contribution in [-0.4, -0.2) is 35.1 Å². The van der Waals surface area contributed by atoms with Gasteiger partial charge in [0.2, 0.25) is 0 Å². The second-order valence-electron chi connectivity index (χ2n) is 7.25. The van der Waals surface area contributed by atoms with Gasteiger partial charge in [0.1, 0.15) is 5.75 Å². The Morgan fingerprint density at radius 1 is 1.15 bits per heavy atom. The first-order valence-electron chi connectivity index (χ1n) is 9.59. The summed E-state index contributed by atoms with van der Waals surface area (Å²) in [4.78, 5) is 26.6. The van der Waals surface area contributed by atoms with Crippen LogP contribution in [-0.2, 0) is 11.3 Å². The van der Waals surface area contributed by atoms with Crippen LogP contribution in [0.1, 0.15) is 51.5 Å². The number of benzene rings is 1. The van der Waals surface area contributed by atoms with Gasteiger partial charge in [-0.25, -0.2) is 0 Å². The molecular weight excluding hydrogens is 328 g/mol. The molecule has 0 atom stereocenters. The number of hydrogen-bond donors (Lipinski definition) is 0. The van der Waals surface area contributed by atoms with Gasteiger partial charge in [0.05, 0.1) is 5.52 Å². The van der Waals surface area contributed by atoms with Gasteiger partial charge in [0.25, 0.3) is 11.5 Å². The minimum absolute atomic E-state index is 0.00485. The number of piperidine rings is 1. The van der Waals surface area contributed by atoms with Gasteiger partial charge in [-0.15, -0.1) is 0 Å². The molecule has 26 heavy (non-hydrogen) atoms. The zero-order valence-electron chi connectivity index (χ0n) is 16.0. The van der Waals surface area contributed by atoms with Gasteiger partial charge in [-0.3, -0.25) is 9.59 Å². The van der Waals surface area contributed by atoms with Crippen molar-refractivity contribution in [1.82, 2.24) is 9.47 Å². The monoisotopic (exact) mass is 356 g/mol. The Labute approximate surface area is 154 Å². The fourth-order valence-corrected chi connectivity index (χ4v) is 3.66. The molecule has 0 saturated carbocycles. The van der Waals surface area contributed by atoms with E-state index in [2.05, 4.69) is 13.8 Å². The van der Waals surface area contributed by atoms with Gasteiger partial charge >= 0.3 is 0 Å². The topological polar surface area (TPSA) is 51.5 Å². The number of carbonyl (C=O) groups is 1. The molecule has 2 aromatic rings. The van der Waals surface area contributed by atoms with E-state index < -0.39 is 0 Å². The van der Waals surface area contributed by atoms with E-state index in [0.717, 1.165) is 42.4 Å². The van der Waals surface area contributed by atoms with Crippen molar-refractivity contribution in [1.29, 1.82) is 0 Å². The number of ether oxygens (including phenoxy) is 1. The Bertz CT molecular complexity index is 848. The van der Waals surface area contributed by atoms with Gasteiger partial charge in [0.15, 0.2) is 6.61 Å². The number of aromatic nitrogens is 1. The van der Waals surface area contributed by atoms with E-state index in [9.17, 15) is 9.59 Å². The van der Waals surface area contributed by atoms with Crippen molar-refractivity contribution in [3.63, 3.8) is 0 Å². The van der Waals surface area contributed by atoms with E-state index in [1.807, 2.05) is 30.0 Å². The average Bonchev–Trinajstić information content (AvgIpc) is 2.65. The Hall–Kier alpha value is -2.30. The van der Waals surface area contributed by atoms with Crippen molar-refractivity contribution >= 4 is 16.8 Å². The Morgan fingerprint density at radius 3 is 2.54 bits per heavy atom. The maximum Gasteiger partial charge on any atom is 0.260 e. The number of fused-ring (bicyclic) bond motifs is 1. The molecule has 1 saturated heterocycles. The van der Waals surface area contributed by atoms with Crippen LogP contribution >= 0.6 is 0 Å². The molecule has 2 heterocycles. The van der Waals surface area contributed by atoms with Crippen LogP contribution in [0.15, 0.2) is 29.1 Å². The third-order valence-electron chi connectivity index (χ3n) is 5.13. The van der Waals surface area contributed by atoms with Gasteiger partial charge in [-0.2, -0.15) is 0 Å². The van der Waals surface area contributed by atoms with Crippen molar-refractivity contribution in [2.75, 3.05) is 19.7 Å². The van der Waals surface area contributed by atoms with Gasteiger partial charge in [-0.1, -0.05) is 13.8 Å². The Morgan fingerprint density at radius 2 is 1.88 bits per heavy atom. The van der Waals surface area contributed by atoms with Crippen molar-refractivity contribution in [3.8, 4) is 5.75 Å². The molecule has 1 aromatic carbocycles. The van der Waals surface area contributed by atoms with E-state index in [4.69, 9.17) is 4.74 Å². The van der Waals surface area contributed by atoms with Crippen molar-refractivity contribution in [2.45, 2.75) is 52.5 Å². The number of rotatable bonds is 5. The van der Waals surface area contributed by atoms with Crippen LogP contribution in [0.25, 0.3) is 10.9 Å². The molecule has 0 bridgehead atoms. The summed E-state index contributed by atoms with van der Waals surface area (Å²) in [5, 5.41) is 1.07. The highest BCUT2D eigenvalue weighted by atomic mass is 16.5. The maximum absolute atomic E-state index is 12.4. The highest BCUT2D eigenvalue weighted by Crippen LogP contribution is 2.27. The molecule has 0 radical (unpaired) electrons. The van der Waals surface area contributed by atoms with Crippen LogP contribution in [0.5, 0.6) is 5.75 Å². The van der Waals surface area contributed by atoms with Crippen molar-refractivity contribution in [2.24, 2.45) is 0 Å². The lowest BCUT2D eigenvalue weighted by atomic mass is 9.98. The van der Waals surface area contributed by atoms with E-state index in [-0.39, 0.29) is 24.0 Å². The van der Waals surface area contributed by atoms with Crippen molar-refractivity contribution < 1.29 is 9.53 Å². The molecule has 140 valence electrons. The van der Waals surface area contributed by atoms with Crippen molar-refractivity contribution in [3.05, 3.63) is 40.2 Å². The van der Waals surface area contributed by atoms with Crippen LogP contribution in [0.4, 0.5) is 0 Å². The molecule has 5 nitrogen and oxygen atoms in total. The summed E-state index contributed by atoms with van der Waals surface area (Å²) < 4.78 is 7.51. The number of pyridine rings is 1. The molecule has 1 fully saturated rings. The first-order chi connectivity index (χ1) is 12.5. The van der Waals surface area contributed by atoms with Crippen LogP contribution in [0.3, 0.4) is 0 Å². The molecule has 0 aliphatic carbocycles. The molecule has 0 N–H and O–H groups in total. The molecule has 1 aliphatic rings. The van der Waals surface area contributed by atoms with Crippen LogP contribution in [0.2, 0.25) is 0 Å². The van der Waals surface area contributed by atoms with E-state index in [1.165, 1.54) is 6.42 Å². The summed E-state index contributed by atoms with van der Waals surface area (Å²) in [6, 6.07) is 7.51. The van der Waals surface area contributed by atoms with Crippen LogP contribution in [0, 0.1) is 0 Å². The largest absolute Gasteiger partial charge is 0.484 e. The third kappa shape index (κ3) is 3.76. The van der Waals surface area contributed by atoms with Gasteiger partial charge in [0, 0.05) is 37.2 Å². The number of aryl methyl sites for hydroxylation is 1. The first kappa shape index (κ1) is 18.5. The number of nitrogens with zero attached hydrogens (tertiary/aromatic N) is 2. The number of hydrogen-bond acceptors (Lipinski definition) is 3. The minimum atomic E-state index is 0.00485. The summed E-state index contributed by atoms with van der Waals surface area (Å²) >= 11 is 0. The maximum atomic E-state index is 12.4. The van der Waals surface area contributed by atoms with E-state index in [0.29, 0.717) is 12.3 Å². The normalized spacial score (nSPS) is 14.8. The molecule has 1 amide bonds. The van der Waals surface area contributed by atoms with Gasteiger partial charge < -0.3 is 14.2 Å². The highest BCUT2D eigenvalue weighted by molar-refractivity contribution is 5.84.